The number of hydrogen-bond donors (Lipinski definition) is 1. The highest BCUT2D eigenvalue weighted by Gasteiger charge is 2.77. The molecule has 1 N–H and O–H groups in total. The Balaban J connectivity index is 1.52. The summed E-state index contributed by atoms with van der Waals surface area (Å²) in [6, 6.07) is 0. The average Bonchev–Trinajstić information content (AvgIpc) is 3.10. The molecular weight excluding hydrogens is 474 g/mol. The number of aromatic nitrogens is 1. The number of ketones is 1. The Morgan fingerprint density at radius 3 is 2.54 bits per heavy atom. The maximum atomic E-state index is 14.7. The second-order valence-electron chi connectivity index (χ2n) is 13.0. The molecule has 0 aromatic carbocycles. The Morgan fingerprint density at radius 1 is 1.19 bits per heavy atom. The molecular formula is C29H37NO7. The Labute approximate surface area is 217 Å². The average molecular weight is 512 g/mol. The first-order valence-corrected chi connectivity index (χ1v) is 13.3. The molecule has 37 heavy (non-hydrogen) atoms. The van der Waals surface area contributed by atoms with Crippen molar-refractivity contribution < 1.29 is 33.4 Å². The molecule has 1 aromatic heterocycles. The number of carbonyl (C=O) groups is 2. The Hall–Kier alpha value is -2.29. The monoisotopic (exact) mass is 511 g/mol. The molecule has 200 valence electrons. The third-order valence-corrected chi connectivity index (χ3v) is 10.2. The van der Waals surface area contributed by atoms with Crippen LogP contribution in [0.1, 0.15) is 69.8 Å². The third-order valence-electron chi connectivity index (χ3n) is 10.2. The number of esters is 1. The summed E-state index contributed by atoms with van der Waals surface area (Å²) in [5, 5.41) is 16.9. The molecule has 5 aliphatic rings. The normalized spacial score (nSPS) is 42.9. The topological polar surface area (TPSA) is 108 Å². The van der Waals surface area contributed by atoms with Crippen LogP contribution >= 0.6 is 0 Å². The van der Waals surface area contributed by atoms with Gasteiger partial charge in [0, 0.05) is 11.5 Å². The van der Waals surface area contributed by atoms with Crippen LogP contribution in [0.15, 0.2) is 27.8 Å². The predicted octanol–water partition coefficient (Wildman–Crippen LogP) is 4.08. The summed E-state index contributed by atoms with van der Waals surface area (Å²) < 4.78 is 23.7. The summed E-state index contributed by atoms with van der Waals surface area (Å²) in [7, 11) is 0. The van der Waals surface area contributed by atoms with Crippen molar-refractivity contribution in [3.63, 3.8) is 0 Å². The summed E-state index contributed by atoms with van der Waals surface area (Å²) in [6.45, 7) is 15.6. The molecule has 3 fully saturated rings. The summed E-state index contributed by atoms with van der Waals surface area (Å²) >= 11 is 0. The van der Waals surface area contributed by atoms with Crippen molar-refractivity contribution in [3.05, 3.63) is 40.3 Å². The van der Waals surface area contributed by atoms with Gasteiger partial charge in [0.25, 0.3) is 0 Å². The third kappa shape index (κ3) is 3.03. The van der Waals surface area contributed by atoms with E-state index in [1.54, 1.807) is 27.7 Å². The van der Waals surface area contributed by atoms with Crippen molar-refractivity contribution in [1.82, 2.24) is 5.16 Å². The van der Waals surface area contributed by atoms with E-state index in [1.807, 2.05) is 26.0 Å². The highest BCUT2D eigenvalue weighted by atomic mass is 16.7. The van der Waals surface area contributed by atoms with E-state index in [1.165, 1.54) is 0 Å². The van der Waals surface area contributed by atoms with Gasteiger partial charge in [-0.3, -0.25) is 4.79 Å². The maximum absolute atomic E-state index is 14.7. The first-order valence-electron chi connectivity index (χ1n) is 13.3. The number of hydrogen-bond acceptors (Lipinski definition) is 8. The minimum Gasteiger partial charge on any atom is -0.450 e. The summed E-state index contributed by atoms with van der Waals surface area (Å²) in [6.07, 6.45) is 2.68. The zero-order valence-electron chi connectivity index (χ0n) is 22.9. The molecule has 1 spiro atoms. The van der Waals surface area contributed by atoms with E-state index in [2.05, 4.69) is 19.0 Å². The molecule has 2 heterocycles. The van der Waals surface area contributed by atoms with Crippen LogP contribution in [0.25, 0.3) is 0 Å². The summed E-state index contributed by atoms with van der Waals surface area (Å²) in [4.78, 5) is 28.1. The molecule has 8 heteroatoms. The van der Waals surface area contributed by atoms with Gasteiger partial charge in [0.15, 0.2) is 29.0 Å². The van der Waals surface area contributed by atoms with E-state index in [-0.39, 0.29) is 41.3 Å². The Bertz CT molecular complexity index is 1270. The minimum absolute atomic E-state index is 0.0183. The Kier molecular flexibility index (Phi) is 5.02. The van der Waals surface area contributed by atoms with Crippen LogP contribution in [0, 0.1) is 48.3 Å². The first-order chi connectivity index (χ1) is 17.2. The van der Waals surface area contributed by atoms with Crippen molar-refractivity contribution in [2.45, 2.75) is 85.4 Å². The molecule has 1 saturated heterocycles. The van der Waals surface area contributed by atoms with Crippen LogP contribution in [-0.4, -0.2) is 52.2 Å². The number of rotatable bonds is 2. The minimum atomic E-state index is -1.85. The van der Waals surface area contributed by atoms with Crippen LogP contribution in [0.4, 0.5) is 0 Å². The molecule has 0 amide bonds. The van der Waals surface area contributed by atoms with E-state index in [4.69, 9.17) is 18.7 Å². The van der Waals surface area contributed by atoms with Gasteiger partial charge >= 0.3 is 5.97 Å². The number of Topliss-reactive ketones (excluding diaryl/α,β-unsaturated/α-hetero) is 1. The van der Waals surface area contributed by atoms with Gasteiger partial charge in [-0.2, -0.15) is 0 Å². The van der Waals surface area contributed by atoms with Gasteiger partial charge in [-0.1, -0.05) is 38.1 Å². The molecule has 8 atom stereocenters. The number of nitrogens with zero attached hydrogens (tertiary/aromatic N) is 1. The van der Waals surface area contributed by atoms with Gasteiger partial charge in [-0.25, -0.2) is 4.79 Å². The van der Waals surface area contributed by atoms with Gasteiger partial charge in [0.2, 0.25) is 0 Å². The highest BCUT2D eigenvalue weighted by molar-refractivity contribution is 5.96. The molecule has 8 nitrogen and oxygen atoms in total. The van der Waals surface area contributed by atoms with Gasteiger partial charge in [0.05, 0.1) is 12.0 Å². The second-order valence-corrected chi connectivity index (χ2v) is 13.0. The molecule has 2 bridgehead atoms. The standard InChI is InChI=1S/C29H37NO7/c1-13-11-28-14(2)9-19-20(26(19,5)6)18(22(28)31)10-17-12-34-27(7,8)36-24(17)29(28,33)23(13)35-25(32)21-15(3)16(4)37-30-21/h10-11,14,18-20,23-24,33H,9,12H2,1-8H3/t14?,18-,19+,20-,23-,24+,28?,29+/m0/s1. The SMILES string of the molecule is CC1=CC23C(=O)[C@@H](C=C4COC(C)(C)O[C@H]4[C@]2(O)[C@H]1OC(=O)c1noc(C)c1C)[C@H]1[C@@H](CC3C)C1(C)C. The number of carbonyl (C=O) groups excluding carboxylic acids is 2. The predicted molar refractivity (Wildman–Crippen MR) is 132 cm³/mol. The number of aliphatic hydroxyl groups is 1. The number of allylic oxidation sites excluding steroid dienone is 1. The van der Waals surface area contributed by atoms with E-state index in [0.717, 1.165) is 12.0 Å². The molecule has 0 radical (unpaired) electrons. The fourth-order valence-electron chi connectivity index (χ4n) is 8.07. The molecule has 4 aliphatic carbocycles. The van der Waals surface area contributed by atoms with Crippen molar-refractivity contribution in [2.75, 3.05) is 6.61 Å². The highest BCUT2D eigenvalue weighted by Crippen LogP contribution is 2.72. The van der Waals surface area contributed by atoms with E-state index >= 15 is 0 Å². The summed E-state index contributed by atoms with van der Waals surface area (Å²) in [5.41, 5.74) is -1.08. The van der Waals surface area contributed by atoms with Gasteiger partial charge in [0.1, 0.15) is 11.9 Å². The number of aryl methyl sites for hydroxylation is 1. The van der Waals surface area contributed by atoms with Gasteiger partial charge < -0.3 is 23.8 Å². The smallest absolute Gasteiger partial charge is 0.361 e. The lowest BCUT2D eigenvalue weighted by atomic mass is 9.59. The van der Waals surface area contributed by atoms with Crippen molar-refractivity contribution >= 4 is 11.8 Å². The van der Waals surface area contributed by atoms with Crippen LogP contribution in [0.3, 0.4) is 0 Å². The number of ether oxygens (including phenoxy) is 3. The van der Waals surface area contributed by atoms with E-state index in [9.17, 15) is 14.7 Å². The molecule has 2 unspecified atom stereocenters. The van der Waals surface area contributed by atoms with Gasteiger partial charge in [-0.05, 0) is 75.4 Å². The lowest BCUT2D eigenvalue weighted by Crippen LogP contribution is -2.68. The quantitative estimate of drug-likeness (QED) is 0.467. The lowest BCUT2D eigenvalue weighted by Gasteiger charge is -2.52. The Morgan fingerprint density at radius 2 is 1.89 bits per heavy atom. The van der Waals surface area contributed by atoms with E-state index < -0.39 is 35.0 Å². The molecule has 6 rings (SSSR count). The lowest BCUT2D eigenvalue weighted by molar-refractivity contribution is -0.302. The first kappa shape index (κ1) is 25.0. The van der Waals surface area contributed by atoms with Crippen LogP contribution in [0.5, 0.6) is 0 Å². The van der Waals surface area contributed by atoms with Crippen LogP contribution in [0.2, 0.25) is 0 Å². The second kappa shape index (κ2) is 7.42. The molecule has 1 aliphatic heterocycles. The molecule has 2 saturated carbocycles. The maximum Gasteiger partial charge on any atom is 0.361 e. The van der Waals surface area contributed by atoms with Crippen molar-refractivity contribution in [1.29, 1.82) is 0 Å². The van der Waals surface area contributed by atoms with Crippen LogP contribution < -0.4 is 0 Å². The zero-order valence-corrected chi connectivity index (χ0v) is 22.9. The van der Waals surface area contributed by atoms with Crippen molar-refractivity contribution in [2.24, 2.45) is 34.5 Å². The molecule has 1 aromatic rings. The van der Waals surface area contributed by atoms with Crippen LogP contribution in [-0.2, 0) is 19.0 Å². The summed E-state index contributed by atoms with van der Waals surface area (Å²) in [5.74, 6) is -1.21. The zero-order chi connectivity index (χ0) is 26.9. The fraction of sp³-hybridized carbons (Fsp3) is 0.690. The van der Waals surface area contributed by atoms with E-state index in [0.29, 0.717) is 22.8 Å². The fourth-order valence-corrected chi connectivity index (χ4v) is 8.07. The largest absolute Gasteiger partial charge is 0.450 e. The number of fused-ring (bicyclic) bond motifs is 5. The van der Waals surface area contributed by atoms with Crippen molar-refractivity contribution in [3.8, 4) is 0 Å². The van der Waals surface area contributed by atoms with Gasteiger partial charge in [-0.15, -0.1) is 0 Å².